The Morgan fingerprint density at radius 2 is 2.11 bits per heavy atom. The largest absolute Gasteiger partial charge is 0.387 e. The summed E-state index contributed by atoms with van der Waals surface area (Å²) in [4.78, 5) is 0. The third-order valence-corrected chi connectivity index (χ3v) is 5.81. The standard InChI is InChI=1S/C13H17FO3S/c1-9-5-6-10(14)8-11(9)13(15)12-4-2-3-7-18(12,16)17/h5-6,8,12-13,15H,2-4,7H2,1H3. The Morgan fingerprint density at radius 3 is 2.78 bits per heavy atom. The van der Waals surface area contributed by atoms with E-state index in [2.05, 4.69) is 0 Å². The van der Waals surface area contributed by atoms with E-state index in [4.69, 9.17) is 0 Å². The lowest BCUT2D eigenvalue weighted by Crippen LogP contribution is -2.34. The zero-order chi connectivity index (χ0) is 13.3. The van der Waals surface area contributed by atoms with Crippen LogP contribution >= 0.6 is 0 Å². The Balaban J connectivity index is 2.35. The Hall–Kier alpha value is -0.940. The molecule has 0 radical (unpaired) electrons. The van der Waals surface area contributed by atoms with Crippen LogP contribution in [0.5, 0.6) is 0 Å². The number of aliphatic hydroxyl groups excluding tert-OH is 1. The van der Waals surface area contributed by atoms with Crippen LogP contribution in [0.2, 0.25) is 0 Å². The Morgan fingerprint density at radius 1 is 1.39 bits per heavy atom. The summed E-state index contributed by atoms with van der Waals surface area (Å²) >= 11 is 0. The van der Waals surface area contributed by atoms with Crippen LogP contribution in [0.3, 0.4) is 0 Å². The molecule has 0 aliphatic carbocycles. The van der Waals surface area contributed by atoms with E-state index in [9.17, 15) is 17.9 Å². The van der Waals surface area contributed by atoms with Crippen molar-refractivity contribution in [3.8, 4) is 0 Å². The molecular formula is C13H17FO3S. The normalized spacial score (nSPS) is 24.7. The van der Waals surface area contributed by atoms with E-state index in [-0.39, 0.29) is 5.75 Å². The number of aliphatic hydroxyl groups is 1. The van der Waals surface area contributed by atoms with Gasteiger partial charge in [-0.1, -0.05) is 12.5 Å². The Labute approximate surface area is 107 Å². The average molecular weight is 272 g/mol. The molecule has 1 fully saturated rings. The van der Waals surface area contributed by atoms with E-state index in [0.717, 1.165) is 6.42 Å². The number of sulfone groups is 1. The van der Waals surface area contributed by atoms with Gasteiger partial charge in [-0.3, -0.25) is 0 Å². The molecule has 0 bridgehead atoms. The van der Waals surface area contributed by atoms with Crippen LogP contribution < -0.4 is 0 Å². The van der Waals surface area contributed by atoms with Gasteiger partial charge < -0.3 is 5.11 Å². The van der Waals surface area contributed by atoms with Gasteiger partial charge in [0.25, 0.3) is 0 Å². The van der Waals surface area contributed by atoms with Crippen molar-refractivity contribution in [1.29, 1.82) is 0 Å². The van der Waals surface area contributed by atoms with E-state index < -0.39 is 27.0 Å². The zero-order valence-corrected chi connectivity index (χ0v) is 11.1. The molecule has 2 unspecified atom stereocenters. The van der Waals surface area contributed by atoms with Crippen molar-refractivity contribution in [3.63, 3.8) is 0 Å². The zero-order valence-electron chi connectivity index (χ0n) is 10.3. The van der Waals surface area contributed by atoms with E-state index in [1.54, 1.807) is 13.0 Å². The van der Waals surface area contributed by atoms with E-state index in [1.807, 2.05) is 0 Å². The maximum Gasteiger partial charge on any atom is 0.156 e. The van der Waals surface area contributed by atoms with Crippen LogP contribution in [-0.4, -0.2) is 24.5 Å². The predicted molar refractivity (Wildman–Crippen MR) is 67.5 cm³/mol. The van der Waals surface area contributed by atoms with Crippen molar-refractivity contribution in [2.75, 3.05) is 5.75 Å². The number of benzene rings is 1. The lowest BCUT2D eigenvalue weighted by Gasteiger charge is -2.27. The van der Waals surface area contributed by atoms with Crippen molar-refractivity contribution in [2.24, 2.45) is 0 Å². The molecule has 1 aliphatic heterocycles. The first-order chi connectivity index (χ1) is 8.42. The van der Waals surface area contributed by atoms with E-state index in [0.29, 0.717) is 24.0 Å². The third kappa shape index (κ3) is 2.57. The molecule has 0 saturated carbocycles. The summed E-state index contributed by atoms with van der Waals surface area (Å²) in [6, 6.07) is 4.09. The Bertz CT molecular complexity index is 539. The lowest BCUT2D eigenvalue weighted by molar-refractivity contribution is 0.163. The molecule has 0 spiro atoms. The summed E-state index contributed by atoms with van der Waals surface area (Å²) in [7, 11) is -3.27. The molecule has 18 heavy (non-hydrogen) atoms. The van der Waals surface area contributed by atoms with Crippen molar-refractivity contribution in [1.82, 2.24) is 0 Å². The van der Waals surface area contributed by atoms with Crippen molar-refractivity contribution >= 4 is 9.84 Å². The molecule has 5 heteroatoms. The summed E-state index contributed by atoms with van der Waals surface area (Å²) < 4.78 is 37.1. The predicted octanol–water partition coefficient (Wildman–Crippen LogP) is 2.13. The summed E-state index contributed by atoms with van der Waals surface area (Å²) in [6.07, 6.45) is 0.744. The third-order valence-electron chi connectivity index (χ3n) is 3.54. The van der Waals surface area contributed by atoms with E-state index in [1.165, 1.54) is 12.1 Å². The SMILES string of the molecule is Cc1ccc(F)cc1C(O)C1CCCCS1(=O)=O. The highest BCUT2D eigenvalue weighted by Gasteiger charge is 2.36. The molecule has 1 aliphatic rings. The highest BCUT2D eigenvalue weighted by molar-refractivity contribution is 7.92. The monoisotopic (exact) mass is 272 g/mol. The summed E-state index contributed by atoms with van der Waals surface area (Å²) in [5.74, 6) is -0.342. The van der Waals surface area contributed by atoms with Gasteiger partial charge in [-0.2, -0.15) is 0 Å². The fraction of sp³-hybridized carbons (Fsp3) is 0.538. The van der Waals surface area contributed by atoms with Gasteiger partial charge >= 0.3 is 0 Å². The van der Waals surface area contributed by atoms with Crippen LogP contribution in [-0.2, 0) is 9.84 Å². The summed E-state index contributed by atoms with van der Waals surface area (Å²) in [6.45, 7) is 1.74. The molecule has 3 nitrogen and oxygen atoms in total. The van der Waals surface area contributed by atoms with Gasteiger partial charge in [-0.15, -0.1) is 0 Å². The van der Waals surface area contributed by atoms with Gasteiger partial charge in [0.1, 0.15) is 5.82 Å². The number of halogens is 1. The van der Waals surface area contributed by atoms with Crippen molar-refractivity contribution < 1.29 is 17.9 Å². The van der Waals surface area contributed by atoms with Gasteiger partial charge in [0.2, 0.25) is 0 Å². The second-order valence-corrected chi connectivity index (χ2v) is 7.19. The van der Waals surface area contributed by atoms with Crippen LogP contribution in [0.25, 0.3) is 0 Å². The molecular weight excluding hydrogens is 255 g/mol. The molecule has 1 saturated heterocycles. The number of rotatable bonds is 2. The molecule has 1 aromatic carbocycles. The van der Waals surface area contributed by atoms with Crippen LogP contribution in [0, 0.1) is 12.7 Å². The van der Waals surface area contributed by atoms with Crippen molar-refractivity contribution in [2.45, 2.75) is 37.5 Å². The topological polar surface area (TPSA) is 54.4 Å². The number of hydrogen-bond acceptors (Lipinski definition) is 3. The van der Waals surface area contributed by atoms with Crippen LogP contribution in [0.15, 0.2) is 18.2 Å². The fourth-order valence-corrected chi connectivity index (χ4v) is 4.44. The number of aryl methyl sites for hydroxylation is 1. The number of hydrogen-bond donors (Lipinski definition) is 1. The molecule has 1 aromatic rings. The first-order valence-corrected chi connectivity index (χ1v) is 7.79. The Kier molecular flexibility index (Phi) is 3.73. The van der Waals surface area contributed by atoms with Gasteiger partial charge in [0.15, 0.2) is 9.84 Å². The second kappa shape index (κ2) is 4.97. The van der Waals surface area contributed by atoms with Gasteiger partial charge in [0.05, 0.1) is 17.1 Å². The lowest BCUT2D eigenvalue weighted by atomic mass is 9.98. The molecule has 100 valence electrons. The van der Waals surface area contributed by atoms with Crippen LogP contribution in [0.1, 0.15) is 36.5 Å². The smallest absolute Gasteiger partial charge is 0.156 e. The highest BCUT2D eigenvalue weighted by Crippen LogP contribution is 2.32. The average Bonchev–Trinajstić information content (AvgIpc) is 2.31. The van der Waals surface area contributed by atoms with Crippen molar-refractivity contribution in [3.05, 3.63) is 35.1 Å². The van der Waals surface area contributed by atoms with E-state index >= 15 is 0 Å². The molecule has 0 amide bonds. The van der Waals surface area contributed by atoms with Gasteiger partial charge in [-0.25, -0.2) is 12.8 Å². The highest BCUT2D eigenvalue weighted by atomic mass is 32.2. The first-order valence-electron chi connectivity index (χ1n) is 6.07. The fourth-order valence-electron chi connectivity index (χ4n) is 2.46. The summed E-state index contributed by atoms with van der Waals surface area (Å²) in [5, 5.41) is 9.44. The maximum atomic E-state index is 13.2. The van der Waals surface area contributed by atoms with Gasteiger partial charge in [0, 0.05) is 0 Å². The summed E-state index contributed by atoms with van der Waals surface area (Å²) in [5.41, 5.74) is 1.09. The second-order valence-electron chi connectivity index (χ2n) is 4.85. The minimum atomic E-state index is -3.27. The molecule has 2 rings (SSSR count). The molecule has 0 aromatic heterocycles. The molecule has 2 atom stereocenters. The maximum absolute atomic E-state index is 13.2. The molecule has 1 N–H and O–H groups in total. The van der Waals surface area contributed by atoms with Crippen LogP contribution in [0.4, 0.5) is 4.39 Å². The first kappa shape index (κ1) is 13.5. The molecule has 1 heterocycles. The van der Waals surface area contributed by atoms with Gasteiger partial charge in [-0.05, 0) is 43.0 Å². The quantitative estimate of drug-likeness (QED) is 0.897. The minimum absolute atomic E-state index is 0.114. The minimum Gasteiger partial charge on any atom is -0.387 e.